The number of ether oxygens (including phenoxy) is 2. The molecule has 2 fully saturated rings. The molecule has 0 radical (unpaired) electrons. The van der Waals surface area contributed by atoms with E-state index >= 15 is 0 Å². The fourth-order valence-corrected chi connectivity index (χ4v) is 3.89. The van der Waals surface area contributed by atoms with Crippen LogP contribution in [-0.2, 0) is 9.47 Å². The smallest absolute Gasteiger partial charge is 0.0679 e. The molecule has 0 aromatic rings. The molecule has 6 nitrogen and oxygen atoms in total. The second-order valence-electron chi connectivity index (χ2n) is 7.92. The summed E-state index contributed by atoms with van der Waals surface area (Å²) in [7, 11) is 1.78. The van der Waals surface area contributed by atoms with Crippen LogP contribution in [0.15, 0.2) is 0 Å². The van der Waals surface area contributed by atoms with Gasteiger partial charge in [0.25, 0.3) is 0 Å². The van der Waals surface area contributed by atoms with Crippen molar-refractivity contribution in [3.05, 3.63) is 0 Å². The monoisotopic (exact) mass is 357 g/mol. The lowest BCUT2D eigenvalue weighted by atomic mass is 10.2. The number of likely N-dealkylation sites (tertiary alicyclic amines) is 1. The molecular weight excluding hydrogens is 318 g/mol. The molecule has 3 atom stereocenters. The lowest BCUT2D eigenvalue weighted by molar-refractivity contribution is -0.00932. The minimum absolute atomic E-state index is 0.140. The van der Waals surface area contributed by atoms with E-state index in [-0.39, 0.29) is 6.10 Å². The summed E-state index contributed by atoms with van der Waals surface area (Å²) in [5.74, 6) is 0. The minimum atomic E-state index is -0.140. The third-order valence-electron chi connectivity index (χ3n) is 5.76. The van der Waals surface area contributed by atoms with E-state index in [2.05, 4.69) is 35.5 Å². The van der Waals surface area contributed by atoms with Gasteiger partial charge < -0.3 is 14.6 Å². The summed E-state index contributed by atoms with van der Waals surface area (Å²) < 4.78 is 11.4. The first-order valence-corrected chi connectivity index (χ1v) is 9.98. The SMILES string of the molecule is COCC(COCCC(C)N1CCC(O)C1)N1CCN(C(C)C)CC1. The Morgan fingerprint density at radius 1 is 0.960 bits per heavy atom. The molecule has 6 heteroatoms. The van der Waals surface area contributed by atoms with Crippen LogP contribution in [0.3, 0.4) is 0 Å². The fraction of sp³-hybridized carbons (Fsp3) is 1.00. The molecule has 0 bridgehead atoms. The van der Waals surface area contributed by atoms with Gasteiger partial charge in [0.1, 0.15) is 0 Å². The molecule has 1 N–H and O–H groups in total. The highest BCUT2D eigenvalue weighted by atomic mass is 16.5. The molecule has 2 rings (SSSR count). The van der Waals surface area contributed by atoms with E-state index in [0.717, 1.165) is 71.9 Å². The van der Waals surface area contributed by atoms with Crippen LogP contribution >= 0.6 is 0 Å². The Labute approximate surface area is 154 Å². The van der Waals surface area contributed by atoms with E-state index in [1.165, 1.54) is 0 Å². The molecule has 0 aliphatic carbocycles. The van der Waals surface area contributed by atoms with E-state index in [1.54, 1.807) is 7.11 Å². The Balaban J connectivity index is 1.65. The van der Waals surface area contributed by atoms with Crippen molar-refractivity contribution in [2.24, 2.45) is 0 Å². The van der Waals surface area contributed by atoms with E-state index < -0.39 is 0 Å². The number of hydrogen-bond donors (Lipinski definition) is 1. The maximum Gasteiger partial charge on any atom is 0.0679 e. The first kappa shape index (κ1) is 21.1. The van der Waals surface area contributed by atoms with Crippen LogP contribution in [0.4, 0.5) is 0 Å². The first-order chi connectivity index (χ1) is 12.0. The van der Waals surface area contributed by atoms with E-state index in [1.807, 2.05) is 0 Å². The highest BCUT2D eigenvalue weighted by molar-refractivity contribution is 4.81. The molecular formula is C19H39N3O3. The van der Waals surface area contributed by atoms with Crippen molar-refractivity contribution >= 4 is 0 Å². The van der Waals surface area contributed by atoms with Gasteiger partial charge in [-0.15, -0.1) is 0 Å². The fourth-order valence-electron chi connectivity index (χ4n) is 3.89. The van der Waals surface area contributed by atoms with Gasteiger partial charge in [-0.1, -0.05) is 0 Å². The topological polar surface area (TPSA) is 48.4 Å². The van der Waals surface area contributed by atoms with Crippen molar-refractivity contribution in [3.8, 4) is 0 Å². The van der Waals surface area contributed by atoms with E-state index in [0.29, 0.717) is 18.1 Å². The van der Waals surface area contributed by atoms with Crippen molar-refractivity contribution in [3.63, 3.8) is 0 Å². The molecule has 0 saturated carbocycles. The first-order valence-electron chi connectivity index (χ1n) is 9.98. The second kappa shape index (κ2) is 10.8. The van der Waals surface area contributed by atoms with Crippen LogP contribution in [0.5, 0.6) is 0 Å². The maximum atomic E-state index is 9.65. The lowest BCUT2D eigenvalue weighted by Gasteiger charge is -2.40. The van der Waals surface area contributed by atoms with Crippen LogP contribution in [0.1, 0.15) is 33.6 Å². The molecule has 0 aromatic heterocycles. The van der Waals surface area contributed by atoms with Crippen molar-refractivity contribution in [1.29, 1.82) is 0 Å². The summed E-state index contributed by atoms with van der Waals surface area (Å²) in [6, 6.07) is 1.46. The van der Waals surface area contributed by atoms with Gasteiger partial charge in [0.05, 0.1) is 25.4 Å². The number of nitrogens with zero attached hydrogens (tertiary/aromatic N) is 3. The normalized spacial score (nSPS) is 26.4. The van der Waals surface area contributed by atoms with Gasteiger partial charge in [0.15, 0.2) is 0 Å². The highest BCUT2D eigenvalue weighted by Crippen LogP contribution is 2.15. The quantitative estimate of drug-likeness (QED) is 0.586. The van der Waals surface area contributed by atoms with Crippen molar-refractivity contribution in [2.45, 2.75) is 57.8 Å². The number of aliphatic hydroxyl groups excluding tert-OH is 1. The molecule has 2 aliphatic heterocycles. The Hall–Kier alpha value is -0.240. The third-order valence-corrected chi connectivity index (χ3v) is 5.76. The highest BCUT2D eigenvalue weighted by Gasteiger charge is 2.26. The predicted molar refractivity (Wildman–Crippen MR) is 101 cm³/mol. The van der Waals surface area contributed by atoms with Gasteiger partial charge in [-0.25, -0.2) is 0 Å². The van der Waals surface area contributed by atoms with Crippen molar-refractivity contribution in [1.82, 2.24) is 14.7 Å². The Bertz CT molecular complexity index is 362. The van der Waals surface area contributed by atoms with Crippen LogP contribution in [0.25, 0.3) is 0 Å². The average Bonchev–Trinajstić information content (AvgIpc) is 3.04. The number of β-amino-alcohol motifs (C(OH)–C–C–N with tert-alkyl or cyclic N) is 1. The molecule has 2 saturated heterocycles. The Morgan fingerprint density at radius 2 is 1.64 bits per heavy atom. The maximum absolute atomic E-state index is 9.65. The molecule has 25 heavy (non-hydrogen) atoms. The van der Waals surface area contributed by atoms with Gasteiger partial charge >= 0.3 is 0 Å². The van der Waals surface area contributed by atoms with Crippen molar-refractivity contribution < 1.29 is 14.6 Å². The van der Waals surface area contributed by atoms with E-state index in [9.17, 15) is 5.11 Å². The van der Waals surface area contributed by atoms with Crippen LogP contribution in [0.2, 0.25) is 0 Å². The number of aliphatic hydroxyl groups is 1. The van der Waals surface area contributed by atoms with E-state index in [4.69, 9.17) is 9.47 Å². The second-order valence-corrected chi connectivity index (χ2v) is 7.92. The Morgan fingerprint density at radius 3 is 2.20 bits per heavy atom. The average molecular weight is 358 g/mol. The molecule has 3 unspecified atom stereocenters. The largest absolute Gasteiger partial charge is 0.392 e. The zero-order chi connectivity index (χ0) is 18.2. The predicted octanol–water partition coefficient (Wildman–Crippen LogP) is 0.889. The molecule has 0 amide bonds. The summed E-state index contributed by atoms with van der Waals surface area (Å²) in [6.07, 6.45) is 1.79. The van der Waals surface area contributed by atoms with Crippen molar-refractivity contribution in [2.75, 3.05) is 66.2 Å². The molecule has 0 aromatic carbocycles. The lowest BCUT2D eigenvalue weighted by Crippen LogP contribution is -2.54. The van der Waals surface area contributed by atoms with Gasteiger partial charge in [-0.3, -0.25) is 14.7 Å². The summed E-state index contributed by atoms with van der Waals surface area (Å²) in [5, 5.41) is 9.65. The van der Waals surface area contributed by atoms with Gasteiger partial charge in [-0.05, 0) is 33.6 Å². The molecule has 2 heterocycles. The molecule has 148 valence electrons. The van der Waals surface area contributed by atoms with Gasteiger partial charge in [0, 0.05) is 65.1 Å². The summed E-state index contributed by atoms with van der Waals surface area (Å²) in [5.41, 5.74) is 0. The molecule has 0 spiro atoms. The summed E-state index contributed by atoms with van der Waals surface area (Å²) >= 11 is 0. The summed E-state index contributed by atoms with van der Waals surface area (Å²) in [4.78, 5) is 7.42. The van der Waals surface area contributed by atoms with Gasteiger partial charge in [-0.2, -0.15) is 0 Å². The zero-order valence-electron chi connectivity index (χ0n) is 16.7. The number of piperazine rings is 1. The van der Waals surface area contributed by atoms with Crippen LogP contribution in [-0.4, -0.2) is 110 Å². The number of rotatable bonds is 10. The number of hydrogen-bond acceptors (Lipinski definition) is 6. The standard InChI is InChI=1S/C19H39N3O3/c1-16(2)20-8-10-21(11-9-20)18(14-24-4)15-25-12-6-17(3)22-7-5-19(23)13-22/h16-19,23H,5-15H2,1-4H3. The summed E-state index contributed by atoms with van der Waals surface area (Å²) in [6.45, 7) is 15.3. The van der Waals surface area contributed by atoms with Crippen LogP contribution < -0.4 is 0 Å². The number of methoxy groups -OCH3 is 1. The Kier molecular flexibility index (Phi) is 9.10. The minimum Gasteiger partial charge on any atom is -0.392 e. The van der Waals surface area contributed by atoms with Gasteiger partial charge in [0.2, 0.25) is 0 Å². The zero-order valence-corrected chi connectivity index (χ0v) is 16.7. The molecule has 2 aliphatic rings. The van der Waals surface area contributed by atoms with Crippen LogP contribution in [0, 0.1) is 0 Å². The third kappa shape index (κ3) is 6.77.